The molecule has 2 aliphatic rings. The average Bonchev–Trinajstić information content (AvgIpc) is 2.99. The molecule has 1 atom stereocenters. The van der Waals surface area contributed by atoms with Gasteiger partial charge in [-0.15, -0.1) is 0 Å². The molecule has 0 saturated heterocycles. The summed E-state index contributed by atoms with van der Waals surface area (Å²) in [7, 11) is 3.79. The zero-order valence-corrected chi connectivity index (χ0v) is 10.7. The molecule has 0 unspecified atom stereocenters. The Hall–Kier alpha value is -0.870. The van der Waals surface area contributed by atoms with Gasteiger partial charge in [-0.05, 0) is 18.8 Å². The molecule has 4 nitrogen and oxygen atoms in total. The number of hydrogen-bond acceptors (Lipinski definition) is 3. The molecule has 1 aromatic rings. The lowest BCUT2D eigenvalue weighted by Gasteiger charge is -2.31. The fourth-order valence-corrected chi connectivity index (χ4v) is 2.86. The van der Waals surface area contributed by atoms with Crippen LogP contribution in [-0.2, 0) is 18.3 Å². The fourth-order valence-electron chi connectivity index (χ4n) is 2.86. The van der Waals surface area contributed by atoms with E-state index >= 15 is 0 Å². The van der Waals surface area contributed by atoms with Crippen LogP contribution in [0.15, 0.2) is 6.20 Å². The third kappa shape index (κ3) is 2.38. The highest BCUT2D eigenvalue weighted by molar-refractivity contribution is 5.24. The highest BCUT2D eigenvalue weighted by Gasteiger charge is 2.31. The second kappa shape index (κ2) is 4.42. The first-order valence-corrected chi connectivity index (χ1v) is 6.50. The van der Waals surface area contributed by atoms with Gasteiger partial charge in [-0.1, -0.05) is 0 Å². The van der Waals surface area contributed by atoms with E-state index in [0.717, 1.165) is 25.6 Å². The maximum atomic E-state index is 5.34. The largest absolute Gasteiger partial charge is 0.384 e. The lowest BCUT2D eigenvalue weighted by molar-refractivity contribution is 0.135. The summed E-state index contributed by atoms with van der Waals surface area (Å²) in [6, 6.07) is 0. The monoisotopic (exact) mass is 235 g/mol. The summed E-state index contributed by atoms with van der Waals surface area (Å²) in [6.07, 6.45) is 5.01. The van der Waals surface area contributed by atoms with E-state index in [1.807, 2.05) is 11.7 Å². The molecule has 0 bridgehead atoms. The van der Waals surface area contributed by atoms with Gasteiger partial charge in [0.25, 0.3) is 0 Å². The third-order valence-corrected chi connectivity index (χ3v) is 3.78. The first-order chi connectivity index (χ1) is 8.26. The molecule has 17 heavy (non-hydrogen) atoms. The molecule has 1 fully saturated rings. The van der Waals surface area contributed by atoms with Crippen molar-refractivity contribution in [3.05, 3.63) is 17.5 Å². The lowest BCUT2D eigenvalue weighted by Crippen LogP contribution is -2.36. The Kier molecular flexibility index (Phi) is 2.92. The van der Waals surface area contributed by atoms with E-state index in [-0.39, 0.29) is 0 Å². The van der Waals surface area contributed by atoms with Crippen LogP contribution in [0.3, 0.4) is 0 Å². The van der Waals surface area contributed by atoms with Crippen LogP contribution in [0.1, 0.15) is 30.0 Å². The smallest absolute Gasteiger partial charge is 0.0736 e. The summed E-state index contributed by atoms with van der Waals surface area (Å²) in [5.74, 6) is 1.40. The molecular weight excluding hydrogens is 214 g/mol. The van der Waals surface area contributed by atoms with Crippen molar-refractivity contribution in [1.29, 1.82) is 0 Å². The number of aromatic nitrogens is 2. The minimum atomic E-state index is 0.448. The van der Waals surface area contributed by atoms with Crippen LogP contribution in [0.4, 0.5) is 0 Å². The summed E-state index contributed by atoms with van der Waals surface area (Å²) in [6.45, 7) is 4.22. The molecular formula is C13H21N3O. The van der Waals surface area contributed by atoms with Crippen molar-refractivity contribution in [2.24, 2.45) is 13.0 Å². The van der Waals surface area contributed by atoms with E-state index < -0.39 is 0 Å². The van der Waals surface area contributed by atoms with Gasteiger partial charge in [0.05, 0.1) is 12.3 Å². The second-order valence-electron chi connectivity index (χ2n) is 5.50. The van der Waals surface area contributed by atoms with Crippen LogP contribution >= 0.6 is 0 Å². The van der Waals surface area contributed by atoms with Crippen molar-refractivity contribution in [3.63, 3.8) is 0 Å². The van der Waals surface area contributed by atoms with Gasteiger partial charge in [0, 0.05) is 51.5 Å². The Morgan fingerprint density at radius 2 is 2.29 bits per heavy atom. The van der Waals surface area contributed by atoms with Crippen LogP contribution in [0.5, 0.6) is 0 Å². The van der Waals surface area contributed by atoms with E-state index in [1.54, 1.807) is 7.11 Å². The molecule has 3 rings (SSSR count). The van der Waals surface area contributed by atoms with Crippen molar-refractivity contribution < 1.29 is 4.74 Å². The summed E-state index contributed by atoms with van der Waals surface area (Å²) >= 11 is 0. The van der Waals surface area contributed by atoms with Gasteiger partial charge in [-0.25, -0.2) is 0 Å². The Morgan fingerprint density at radius 1 is 1.47 bits per heavy atom. The molecule has 1 aliphatic heterocycles. The predicted molar refractivity (Wildman–Crippen MR) is 65.8 cm³/mol. The Morgan fingerprint density at radius 3 is 3.00 bits per heavy atom. The number of aryl methyl sites for hydroxylation is 1. The lowest BCUT2D eigenvalue weighted by atomic mass is 9.97. The van der Waals surface area contributed by atoms with Gasteiger partial charge < -0.3 is 4.74 Å². The number of nitrogens with zero attached hydrogens (tertiary/aromatic N) is 3. The number of rotatable bonds is 4. The van der Waals surface area contributed by atoms with Gasteiger partial charge in [0.1, 0.15) is 0 Å². The van der Waals surface area contributed by atoms with Crippen LogP contribution in [0.2, 0.25) is 0 Å². The Labute approximate surface area is 103 Å². The van der Waals surface area contributed by atoms with Crippen molar-refractivity contribution in [2.75, 3.05) is 26.8 Å². The molecule has 0 radical (unpaired) electrons. The number of ether oxygens (including phenoxy) is 1. The van der Waals surface area contributed by atoms with E-state index in [9.17, 15) is 0 Å². The quantitative estimate of drug-likeness (QED) is 0.789. The van der Waals surface area contributed by atoms with Crippen molar-refractivity contribution in [1.82, 2.24) is 14.7 Å². The zero-order chi connectivity index (χ0) is 11.8. The summed E-state index contributed by atoms with van der Waals surface area (Å²) in [5, 5.41) is 4.59. The molecule has 1 saturated carbocycles. The van der Waals surface area contributed by atoms with Crippen molar-refractivity contribution >= 4 is 0 Å². The fraction of sp³-hybridized carbons (Fsp3) is 0.769. The minimum absolute atomic E-state index is 0.448. The highest BCUT2D eigenvalue weighted by atomic mass is 16.5. The molecule has 94 valence electrons. The third-order valence-electron chi connectivity index (χ3n) is 3.78. The predicted octanol–water partition coefficient (Wildman–Crippen LogP) is 1.38. The van der Waals surface area contributed by atoms with Gasteiger partial charge in [0.2, 0.25) is 0 Å². The molecule has 0 aromatic carbocycles. The molecule has 4 heteroatoms. The van der Waals surface area contributed by atoms with Gasteiger partial charge >= 0.3 is 0 Å². The van der Waals surface area contributed by atoms with E-state index in [1.165, 1.54) is 30.6 Å². The van der Waals surface area contributed by atoms with E-state index in [2.05, 4.69) is 16.2 Å². The van der Waals surface area contributed by atoms with E-state index in [4.69, 9.17) is 4.74 Å². The topological polar surface area (TPSA) is 30.3 Å². The SMILES string of the molecule is COC[C@H]1CN(CC2CC2)Cc2cn(C)nc21. The first-order valence-electron chi connectivity index (χ1n) is 6.50. The minimum Gasteiger partial charge on any atom is -0.384 e. The molecule has 1 aliphatic carbocycles. The molecule has 0 spiro atoms. The number of methoxy groups -OCH3 is 1. The Balaban J connectivity index is 1.77. The maximum absolute atomic E-state index is 5.34. The molecule has 0 amide bonds. The van der Waals surface area contributed by atoms with Crippen LogP contribution in [0, 0.1) is 5.92 Å². The number of fused-ring (bicyclic) bond motifs is 1. The molecule has 1 aromatic heterocycles. The normalized spacial score (nSPS) is 24.9. The first kappa shape index (κ1) is 11.2. The standard InChI is InChI=1S/C13H21N3O/c1-15-6-11-7-16(5-10-3-4-10)8-12(9-17-2)13(11)14-15/h6,10,12H,3-5,7-9H2,1-2H3/t12-/m1/s1. The number of hydrogen-bond donors (Lipinski definition) is 0. The van der Waals surface area contributed by atoms with Crippen molar-refractivity contribution in [2.45, 2.75) is 25.3 Å². The summed E-state index contributed by atoms with van der Waals surface area (Å²) in [4.78, 5) is 2.57. The summed E-state index contributed by atoms with van der Waals surface area (Å²) in [5.41, 5.74) is 2.64. The zero-order valence-electron chi connectivity index (χ0n) is 10.7. The highest BCUT2D eigenvalue weighted by Crippen LogP contribution is 2.33. The summed E-state index contributed by atoms with van der Waals surface area (Å²) < 4.78 is 7.28. The Bertz CT molecular complexity index is 397. The maximum Gasteiger partial charge on any atom is 0.0736 e. The van der Waals surface area contributed by atoms with Crippen LogP contribution in [-0.4, -0.2) is 41.5 Å². The van der Waals surface area contributed by atoms with Crippen LogP contribution in [0.25, 0.3) is 0 Å². The van der Waals surface area contributed by atoms with Crippen molar-refractivity contribution in [3.8, 4) is 0 Å². The van der Waals surface area contributed by atoms with E-state index in [0.29, 0.717) is 5.92 Å². The van der Waals surface area contributed by atoms with Gasteiger partial charge in [0.15, 0.2) is 0 Å². The second-order valence-corrected chi connectivity index (χ2v) is 5.50. The van der Waals surface area contributed by atoms with Gasteiger partial charge in [-0.2, -0.15) is 5.10 Å². The van der Waals surface area contributed by atoms with Crippen LogP contribution < -0.4 is 0 Å². The van der Waals surface area contributed by atoms with Gasteiger partial charge in [-0.3, -0.25) is 9.58 Å². The average molecular weight is 235 g/mol. The molecule has 0 N–H and O–H groups in total. The molecule has 2 heterocycles.